The zero-order valence-electron chi connectivity index (χ0n) is 14.1. The molecular weight excluding hydrogens is 306 g/mol. The number of rotatable bonds is 4. The maximum Gasteiger partial charge on any atom is 0.225 e. The Labute approximate surface area is 142 Å². The summed E-state index contributed by atoms with van der Waals surface area (Å²) in [5.74, 6) is 0.776. The van der Waals surface area contributed by atoms with E-state index in [1.807, 2.05) is 20.7 Å². The zero-order chi connectivity index (χ0) is 16.5. The molecule has 1 aliphatic carbocycles. The van der Waals surface area contributed by atoms with Gasteiger partial charge < -0.3 is 9.80 Å². The lowest BCUT2D eigenvalue weighted by Crippen LogP contribution is -2.53. The lowest BCUT2D eigenvalue weighted by molar-refractivity contribution is -0.142. The highest BCUT2D eigenvalue weighted by Gasteiger charge is 2.36. The van der Waals surface area contributed by atoms with Gasteiger partial charge in [0.25, 0.3) is 0 Å². The monoisotopic (exact) mass is 331 g/mol. The Morgan fingerprint density at radius 3 is 2.67 bits per heavy atom. The molecule has 3 fully saturated rings. The largest absolute Gasteiger partial charge is 0.338 e. The molecule has 0 radical (unpaired) electrons. The number of nitrogens with zero attached hydrogens (tertiary/aromatic N) is 5. The quantitative estimate of drug-likeness (QED) is 0.835. The molecule has 130 valence electrons. The average molecular weight is 331 g/mol. The molecule has 0 aromatic carbocycles. The Balaban J connectivity index is 1.29. The maximum atomic E-state index is 12.5. The summed E-state index contributed by atoms with van der Waals surface area (Å²) in [5, 5.41) is 8.39. The molecule has 1 saturated carbocycles. The van der Waals surface area contributed by atoms with Crippen LogP contribution in [0.3, 0.4) is 0 Å². The first-order chi connectivity index (χ1) is 11.7. The van der Waals surface area contributed by atoms with E-state index in [0.717, 1.165) is 44.6 Å². The predicted octanol–water partition coefficient (Wildman–Crippen LogP) is 1.36. The predicted molar refractivity (Wildman–Crippen MR) is 86.9 cm³/mol. The number of carbonyl (C=O) groups excluding carboxylic acids is 2. The number of carbonyl (C=O) groups is 2. The van der Waals surface area contributed by atoms with Crippen molar-refractivity contribution in [1.82, 2.24) is 24.8 Å². The molecule has 0 spiro atoms. The van der Waals surface area contributed by atoms with Crippen molar-refractivity contribution in [2.75, 3.05) is 19.6 Å². The van der Waals surface area contributed by atoms with Gasteiger partial charge in [-0.05, 0) is 19.3 Å². The number of likely N-dealkylation sites (tertiary alicyclic amines) is 2. The first kappa shape index (κ1) is 15.6. The molecule has 3 heterocycles. The molecule has 0 N–H and O–H groups in total. The molecule has 2 amide bonds. The maximum absolute atomic E-state index is 12.5. The Morgan fingerprint density at radius 1 is 1.17 bits per heavy atom. The summed E-state index contributed by atoms with van der Waals surface area (Å²) in [6, 6.07) is 0.230. The van der Waals surface area contributed by atoms with Crippen LogP contribution < -0.4 is 0 Å². The first-order valence-electron chi connectivity index (χ1n) is 9.18. The van der Waals surface area contributed by atoms with Gasteiger partial charge in [0.05, 0.1) is 18.8 Å². The molecule has 0 atom stereocenters. The number of aromatic nitrogens is 3. The van der Waals surface area contributed by atoms with Crippen molar-refractivity contribution in [3.63, 3.8) is 0 Å². The van der Waals surface area contributed by atoms with Crippen molar-refractivity contribution in [1.29, 1.82) is 0 Å². The van der Waals surface area contributed by atoms with Crippen LogP contribution in [-0.4, -0.2) is 56.2 Å². The van der Waals surface area contributed by atoms with E-state index in [-0.39, 0.29) is 17.9 Å². The lowest BCUT2D eigenvalue weighted by Gasteiger charge is -2.41. The van der Waals surface area contributed by atoms with Gasteiger partial charge >= 0.3 is 0 Å². The van der Waals surface area contributed by atoms with Gasteiger partial charge in [0.2, 0.25) is 11.8 Å². The van der Waals surface area contributed by atoms with Crippen molar-refractivity contribution in [2.24, 2.45) is 5.92 Å². The molecule has 1 aromatic rings. The molecule has 3 aliphatic rings. The minimum atomic E-state index is 0.206. The van der Waals surface area contributed by atoms with Gasteiger partial charge in [0.1, 0.15) is 5.69 Å². The smallest absolute Gasteiger partial charge is 0.225 e. The Morgan fingerprint density at radius 2 is 1.96 bits per heavy atom. The third-order valence-electron chi connectivity index (χ3n) is 5.58. The fourth-order valence-corrected chi connectivity index (χ4v) is 4.04. The minimum Gasteiger partial charge on any atom is -0.338 e. The lowest BCUT2D eigenvalue weighted by atomic mass is 9.87. The van der Waals surface area contributed by atoms with Gasteiger partial charge in [-0.15, -0.1) is 5.10 Å². The van der Waals surface area contributed by atoms with Crippen LogP contribution in [0.2, 0.25) is 0 Å². The van der Waals surface area contributed by atoms with E-state index in [1.54, 1.807) is 0 Å². The van der Waals surface area contributed by atoms with E-state index in [1.165, 1.54) is 19.3 Å². The Bertz CT molecular complexity index is 616. The molecule has 24 heavy (non-hydrogen) atoms. The van der Waals surface area contributed by atoms with E-state index in [4.69, 9.17) is 0 Å². The SMILES string of the molecule is O=C1CCCN1Cc1cn(C2CN(C(=O)C3CCCCC3)C2)nn1. The van der Waals surface area contributed by atoms with Crippen LogP contribution in [0.25, 0.3) is 0 Å². The van der Waals surface area contributed by atoms with Crippen molar-refractivity contribution in [3.8, 4) is 0 Å². The van der Waals surface area contributed by atoms with Crippen molar-refractivity contribution in [3.05, 3.63) is 11.9 Å². The second-order valence-corrected chi connectivity index (χ2v) is 7.34. The summed E-state index contributed by atoms with van der Waals surface area (Å²) < 4.78 is 1.86. The summed E-state index contributed by atoms with van der Waals surface area (Å²) in [4.78, 5) is 28.0. The average Bonchev–Trinajstić information content (AvgIpc) is 3.17. The Hall–Kier alpha value is -1.92. The van der Waals surface area contributed by atoms with Gasteiger partial charge in [-0.2, -0.15) is 0 Å². The summed E-state index contributed by atoms with van der Waals surface area (Å²) in [7, 11) is 0. The van der Waals surface area contributed by atoms with Gasteiger partial charge in [0, 0.05) is 32.0 Å². The fourth-order valence-electron chi connectivity index (χ4n) is 4.04. The van der Waals surface area contributed by atoms with Crippen LogP contribution in [-0.2, 0) is 16.1 Å². The van der Waals surface area contributed by atoms with Crippen LogP contribution in [0, 0.1) is 5.92 Å². The van der Waals surface area contributed by atoms with Crippen molar-refractivity contribution in [2.45, 2.75) is 57.5 Å². The van der Waals surface area contributed by atoms with E-state index in [0.29, 0.717) is 18.9 Å². The van der Waals surface area contributed by atoms with Crippen LogP contribution in [0.1, 0.15) is 56.7 Å². The molecule has 7 nitrogen and oxygen atoms in total. The van der Waals surface area contributed by atoms with Gasteiger partial charge in [-0.3, -0.25) is 9.59 Å². The molecule has 2 saturated heterocycles. The highest BCUT2D eigenvalue weighted by atomic mass is 16.2. The van der Waals surface area contributed by atoms with E-state index >= 15 is 0 Å². The van der Waals surface area contributed by atoms with Crippen LogP contribution >= 0.6 is 0 Å². The van der Waals surface area contributed by atoms with Crippen LogP contribution in [0.15, 0.2) is 6.20 Å². The molecular formula is C17H25N5O2. The number of hydrogen-bond donors (Lipinski definition) is 0. The summed E-state index contributed by atoms with van der Waals surface area (Å²) in [6.07, 6.45) is 9.27. The second-order valence-electron chi connectivity index (χ2n) is 7.34. The minimum absolute atomic E-state index is 0.206. The van der Waals surface area contributed by atoms with Gasteiger partial charge in [-0.1, -0.05) is 24.5 Å². The topological polar surface area (TPSA) is 71.3 Å². The molecule has 7 heteroatoms. The third-order valence-corrected chi connectivity index (χ3v) is 5.58. The normalized spacial score (nSPS) is 22.9. The van der Waals surface area contributed by atoms with E-state index in [2.05, 4.69) is 10.3 Å². The zero-order valence-corrected chi connectivity index (χ0v) is 14.1. The van der Waals surface area contributed by atoms with Gasteiger partial charge in [-0.25, -0.2) is 4.68 Å². The highest BCUT2D eigenvalue weighted by molar-refractivity contribution is 5.79. The fraction of sp³-hybridized carbons (Fsp3) is 0.765. The van der Waals surface area contributed by atoms with E-state index in [9.17, 15) is 9.59 Å². The highest BCUT2D eigenvalue weighted by Crippen LogP contribution is 2.29. The summed E-state index contributed by atoms with van der Waals surface area (Å²) >= 11 is 0. The third kappa shape index (κ3) is 3.03. The molecule has 2 aliphatic heterocycles. The van der Waals surface area contributed by atoms with Crippen molar-refractivity contribution >= 4 is 11.8 Å². The second kappa shape index (κ2) is 6.53. The standard InChI is InChI=1S/C17H25N5O2/c23-16-7-4-8-20(16)9-14-10-22(19-18-14)15-11-21(12-15)17(24)13-5-2-1-3-6-13/h10,13,15H,1-9,11-12H2. The summed E-state index contributed by atoms with van der Waals surface area (Å²) in [6.45, 7) is 2.84. The van der Waals surface area contributed by atoms with E-state index < -0.39 is 0 Å². The van der Waals surface area contributed by atoms with Gasteiger partial charge in [0.15, 0.2) is 0 Å². The number of amides is 2. The molecule has 0 bridgehead atoms. The molecule has 1 aromatic heterocycles. The first-order valence-corrected chi connectivity index (χ1v) is 9.18. The van der Waals surface area contributed by atoms with Crippen molar-refractivity contribution < 1.29 is 9.59 Å². The van der Waals surface area contributed by atoms with Crippen LogP contribution in [0.4, 0.5) is 0 Å². The van der Waals surface area contributed by atoms with Crippen LogP contribution in [0.5, 0.6) is 0 Å². The number of hydrogen-bond acceptors (Lipinski definition) is 4. The molecule has 0 unspecified atom stereocenters. The molecule has 4 rings (SSSR count). The summed E-state index contributed by atoms with van der Waals surface area (Å²) in [5.41, 5.74) is 0.835. The Kier molecular flexibility index (Phi) is 4.24.